The van der Waals surface area contributed by atoms with Crippen LogP contribution in [0.5, 0.6) is 0 Å². The van der Waals surface area contributed by atoms with Crippen LogP contribution < -0.4 is 10.9 Å². The van der Waals surface area contributed by atoms with Crippen molar-refractivity contribution in [2.24, 2.45) is 5.92 Å². The van der Waals surface area contributed by atoms with E-state index in [2.05, 4.69) is 5.32 Å². The van der Waals surface area contributed by atoms with E-state index >= 15 is 8.78 Å². The Morgan fingerprint density at radius 1 is 1.04 bits per heavy atom. The quantitative estimate of drug-likeness (QED) is 0.159. The molecule has 1 amide bonds. The van der Waals surface area contributed by atoms with Gasteiger partial charge in [-0.05, 0) is 93.6 Å². The van der Waals surface area contributed by atoms with Gasteiger partial charge in [-0.15, -0.1) is 0 Å². The summed E-state index contributed by atoms with van der Waals surface area (Å²) in [4.78, 5) is 41.6. The Morgan fingerprint density at radius 2 is 1.68 bits per heavy atom. The second-order valence-electron chi connectivity index (χ2n) is 12.4. The van der Waals surface area contributed by atoms with Crippen molar-refractivity contribution in [1.29, 1.82) is 0 Å². The third-order valence-corrected chi connectivity index (χ3v) is 7.82. The second-order valence-corrected chi connectivity index (χ2v) is 12.4. The topological polar surface area (TPSA) is 80.6 Å². The third kappa shape index (κ3) is 9.50. The molecule has 1 N–H and O–H groups in total. The summed E-state index contributed by atoms with van der Waals surface area (Å²) in [7, 11) is 3.39. The maximum absolute atomic E-state index is 15.5. The number of aryl methyl sites for hydroxylation is 2. The van der Waals surface area contributed by atoms with Crippen LogP contribution >= 0.6 is 0 Å². The maximum atomic E-state index is 15.5. The lowest BCUT2D eigenvalue weighted by Crippen LogP contribution is -2.41. The summed E-state index contributed by atoms with van der Waals surface area (Å²) in [6, 6.07) is 5.55. The molecule has 0 aliphatic rings. The molecule has 0 radical (unpaired) electrons. The molecule has 7 nitrogen and oxygen atoms in total. The number of halogens is 5. The van der Waals surface area contributed by atoms with Crippen LogP contribution in [0.15, 0.2) is 47.4 Å². The van der Waals surface area contributed by atoms with Crippen LogP contribution in [0.4, 0.5) is 22.0 Å². The normalized spacial score (nSPS) is 13.1. The first kappa shape index (κ1) is 37.4. The number of nitrogens with zero attached hydrogens (tertiary/aromatic N) is 2. The van der Waals surface area contributed by atoms with Crippen LogP contribution in [-0.2, 0) is 26.9 Å². The minimum Gasteiger partial charge on any atom is -0.466 e. The smallest absolute Gasteiger partial charge is 0.416 e. The highest BCUT2D eigenvalue weighted by Gasteiger charge is 2.36. The minimum absolute atomic E-state index is 0.00850. The van der Waals surface area contributed by atoms with Crippen molar-refractivity contribution in [3.63, 3.8) is 0 Å². The predicted molar refractivity (Wildman–Crippen MR) is 170 cm³/mol. The van der Waals surface area contributed by atoms with Crippen molar-refractivity contribution in [1.82, 2.24) is 14.8 Å². The van der Waals surface area contributed by atoms with Crippen molar-refractivity contribution in [3.8, 4) is 11.1 Å². The van der Waals surface area contributed by atoms with Gasteiger partial charge in [0.15, 0.2) is 11.6 Å². The Bertz CT molecular complexity index is 1630. The van der Waals surface area contributed by atoms with Crippen LogP contribution in [0.2, 0.25) is 0 Å². The Kier molecular flexibility index (Phi) is 12.5. The number of aromatic nitrogens is 1. The second kappa shape index (κ2) is 15.7. The Morgan fingerprint density at radius 3 is 2.23 bits per heavy atom. The predicted octanol–water partition coefficient (Wildman–Crippen LogP) is 6.93. The van der Waals surface area contributed by atoms with E-state index in [1.54, 1.807) is 39.8 Å². The van der Waals surface area contributed by atoms with E-state index in [0.29, 0.717) is 17.2 Å². The molecule has 3 rings (SSSR count). The van der Waals surface area contributed by atoms with Crippen LogP contribution in [-0.4, -0.2) is 48.6 Å². The lowest BCUT2D eigenvalue weighted by molar-refractivity contribution is -0.144. The van der Waals surface area contributed by atoms with E-state index in [1.165, 1.54) is 6.07 Å². The number of hydrogen-bond acceptors (Lipinski definition) is 5. The molecule has 0 aliphatic carbocycles. The third-order valence-electron chi connectivity index (χ3n) is 7.82. The Balaban J connectivity index is 2.17. The molecule has 2 aromatic carbocycles. The van der Waals surface area contributed by atoms with Crippen molar-refractivity contribution in [2.75, 3.05) is 27.2 Å². The van der Waals surface area contributed by atoms with Gasteiger partial charge in [-0.1, -0.05) is 32.0 Å². The zero-order chi connectivity index (χ0) is 35.2. The Hall–Kier alpha value is -4.06. The summed E-state index contributed by atoms with van der Waals surface area (Å²) < 4.78 is 78.5. The molecule has 1 aromatic heterocycles. The number of nitrogens with one attached hydrogen (secondary N) is 1. The van der Waals surface area contributed by atoms with E-state index in [4.69, 9.17) is 4.74 Å². The lowest BCUT2D eigenvalue weighted by Gasteiger charge is -2.27. The summed E-state index contributed by atoms with van der Waals surface area (Å²) in [6.07, 6.45) is -4.36. The first-order chi connectivity index (χ1) is 21.9. The number of carbonyl (C=O) groups excluding carboxylic acids is 2. The summed E-state index contributed by atoms with van der Waals surface area (Å²) >= 11 is 0. The van der Waals surface area contributed by atoms with E-state index in [9.17, 15) is 27.6 Å². The zero-order valence-electron chi connectivity index (χ0n) is 27.7. The first-order valence-corrected chi connectivity index (χ1v) is 15.4. The standard InChI is InChI=1S/C35H42F5N3O4/c1-8-47-31(45)18-28(25-15-24(16-27(36)33(25)37)32-21(4)10-9-11-22(32)5)41-34(46)29(14-20(2)3)43-19-23(12-13-42(6)7)26(17-30(43)44)35(38,39)40/h9-11,15-17,19-20,28-29H,8,12-14,18H2,1-7H3,(H,41,46). The van der Waals surface area contributed by atoms with E-state index in [1.807, 2.05) is 32.0 Å². The fraction of sp³-hybridized carbons (Fsp3) is 0.457. The SMILES string of the molecule is CCOC(=O)CC(NC(=O)C(CC(C)C)n1cc(CCN(C)C)c(C(F)(F)F)cc1=O)c1cc(-c2c(C)cccc2C)cc(F)c1F. The van der Waals surface area contributed by atoms with Gasteiger partial charge in [0, 0.05) is 24.4 Å². The number of pyridine rings is 1. The molecule has 0 spiro atoms. The van der Waals surface area contributed by atoms with Crippen molar-refractivity contribution >= 4 is 11.9 Å². The molecule has 47 heavy (non-hydrogen) atoms. The monoisotopic (exact) mass is 663 g/mol. The summed E-state index contributed by atoms with van der Waals surface area (Å²) in [5.74, 6) is -4.35. The van der Waals surface area contributed by atoms with Crippen molar-refractivity contribution < 1.29 is 36.3 Å². The van der Waals surface area contributed by atoms with Crippen LogP contribution in [0.3, 0.4) is 0 Å². The number of benzene rings is 2. The molecule has 2 unspecified atom stereocenters. The van der Waals surface area contributed by atoms with Crippen LogP contribution in [0.1, 0.15) is 73.5 Å². The number of esters is 1. The van der Waals surface area contributed by atoms with Gasteiger partial charge < -0.3 is 19.5 Å². The van der Waals surface area contributed by atoms with E-state index in [0.717, 1.165) is 28.0 Å². The van der Waals surface area contributed by atoms with Gasteiger partial charge >= 0.3 is 12.1 Å². The lowest BCUT2D eigenvalue weighted by atomic mass is 9.92. The zero-order valence-corrected chi connectivity index (χ0v) is 27.7. The van der Waals surface area contributed by atoms with Gasteiger partial charge in [-0.2, -0.15) is 13.2 Å². The van der Waals surface area contributed by atoms with Crippen molar-refractivity contribution in [2.45, 2.75) is 72.1 Å². The molecule has 0 saturated carbocycles. The van der Waals surface area contributed by atoms with E-state index in [-0.39, 0.29) is 43.0 Å². The molecule has 2 atom stereocenters. The maximum Gasteiger partial charge on any atom is 0.416 e. The Labute approximate surface area is 271 Å². The van der Waals surface area contributed by atoms with Crippen molar-refractivity contribution in [3.05, 3.63) is 92.4 Å². The number of likely N-dealkylation sites (N-methyl/N-ethyl adjacent to an activating group) is 1. The van der Waals surface area contributed by atoms with Gasteiger partial charge in [0.1, 0.15) is 6.04 Å². The molecule has 3 aromatic rings. The highest BCUT2D eigenvalue weighted by Crippen LogP contribution is 2.35. The van der Waals surface area contributed by atoms with Gasteiger partial charge in [0.2, 0.25) is 5.91 Å². The van der Waals surface area contributed by atoms with E-state index < -0.39 is 59.3 Å². The number of alkyl halides is 3. The number of amides is 1. The molecule has 12 heteroatoms. The fourth-order valence-electron chi connectivity index (χ4n) is 5.61. The molecular weight excluding hydrogens is 621 g/mol. The van der Waals surface area contributed by atoms with Crippen LogP contribution in [0.25, 0.3) is 11.1 Å². The molecule has 0 aliphatic heterocycles. The number of rotatable bonds is 13. The van der Waals surface area contributed by atoms with Gasteiger partial charge in [-0.25, -0.2) is 8.78 Å². The molecule has 0 fully saturated rings. The highest BCUT2D eigenvalue weighted by molar-refractivity contribution is 5.82. The summed E-state index contributed by atoms with van der Waals surface area (Å²) in [5.41, 5.74) is -0.0979. The molecule has 0 saturated heterocycles. The number of ether oxygens (including phenoxy) is 1. The molecular formula is C35H42F5N3O4. The number of carbonyl (C=O) groups is 2. The minimum atomic E-state index is -4.80. The first-order valence-electron chi connectivity index (χ1n) is 15.4. The largest absolute Gasteiger partial charge is 0.466 e. The van der Waals surface area contributed by atoms with Crippen LogP contribution in [0, 0.1) is 31.4 Å². The summed E-state index contributed by atoms with van der Waals surface area (Å²) in [6.45, 7) is 8.95. The van der Waals surface area contributed by atoms with Gasteiger partial charge in [0.25, 0.3) is 5.56 Å². The highest BCUT2D eigenvalue weighted by atomic mass is 19.4. The molecule has 0 bridgehead atoms. The number of hydrogen-bond donors (Lipinski definition) is 1. The molecule has 256 valence electrons. The van der Waals surface area contributed by atoms with Gasteiger partial charge in [-0.3, -0.25) is 14.4 Å². The molecule has 1 heterocycles. The summed E-state index contributed by atoms with van der Waals surface area (Å²) in [5, 5.41) is 2.61. The average molecular weight is 664 g/mol. The van der Waals surface area contributed by atoms with Gasteiger partial charge in [0.05, 0.1) is 24.6 Å². The average Bonchev–Trinajstić information content (AvgIpc) is 2.96. The fourth-order valence-corrected chi connectivity index (χ4v) is 5.61.